The van der Waals surface area contributed by atoms with Crippen molar-refractivity contribution in [3.63, 3.8) is 0 Å². The summed E-state index contributed by atoms with van der Waals surface area (Å²) in [5, 5.41) is 3.59. The van der Waals surface area contributed by atoms with Gasteiger partial charge in [0.25, 0.3) is 0 Å². The van der Waals surface area contributed by atoms with E-state index in [1.54, 1.807) is 0 Å². The summed E-state index contributed by atoms with van der Waals surface area (Å²) < 4.78 is 0. The molecule has 1 nitrogen and oxygen atoms in total. The van der Waals surface area contributed by atoms with Crippen LogP contribution in [-0.2, 0) is 0 Å². The summed E-state index contributed by atoms with van der Waals surface area (Å²) in [6, 6.07) is 0. The molecule has 0 aliphatic carbocycles. The summed E-state index contributed by atoms with van der Waals surface area (Å²) in [5.41, 5.74) is 0.506. The van der Waals surface area contributed by atoms with Crippen LogP contribution < -0.4 is 5.32 Å². The molecular weight excluding hydrogens is 206 g/mol. The first kappa shape index (κ1) is 15.0. The smallest absolute Gasteiger partial charge is 0.00232 e. The van der Waals surface area contributed by atoms with Gasteiger partial charge >= 0.3 is 0 Å². The standard InChI is InChI=1S/C16H33N/c1-14-9-8-11-15(16(2,3)4)10-6-5-7-12-17-13-14/h14-15,17H,5-13H2,1-4H3. The monoisotopic (exact) mass is 239 g/mol. The molecule has 1 saturated heterocycles. The van der Waals surface area contributed by atoms with Gasteiger partial charge in [0.2, 0.25) is 0 Å². The van der Waals surface area contributed by atoms with E-state index in [0.29, 0.717) is 5.41 Å². The van der Waals surface area contributed by atoms with Crippen LogP contribution in [0.5, 0.6) is 0 Å². The lowest BCUT2D eigenvalue weighted by atomic mass is 9.74. The Morgan fingerprint density at radius 2 is 1.59 bits per heavy atom. The summed E-state index contributed by atoms with van der Waals surface area (Å²) in [6.07, 6.45) is 9.91. The first-order chi connectivity index (χ1) is 8.00. The molecule has 0 aromatic heterocycles. The molecule has 17 heavy (non-hydrogen) atoms. The molecule has 102 valence electrons. The van der Waals surface area contributed by atoms with Gasteiger partial charge in [-0.05, 0) is 56.0 Å². The highest BCUT2D eigenvalue weighted by Crippen LogP contribution is 2.34. The molecule has 0 saturated carbocycles. The van der Waals surface area contributed by atoms with Crippen molar-refractivity contribution in [3.8, 4) is 0 Å². The van der Waals surface area contributed by atoms with Crippen LogP contribution in [0.15, 0.2) is 0 Å². The number of hydrogen-bond donors (Lipinski definition) is 1. The van der Waals surface area contributed by atoms with E-state index >= 15 is 0 Å². The van der Waals surface area contributed by atoms with Gasteiger partial charge in [-0.2, -0.15) is 0 Å². The third kappa shape index (κ3) is 6.45. The molecule has 1 fully saturated rings. The molecule has 0 amide bonds. The van der Waals surface area contributed by atoms with E-state index in [0.717, 1.165) is 11.8 Å². The van der Waals surface area contributed by atoms with Gasteiger partial charge < -0.3 is 5.32 Å². The van der Waals surface area contributed by atoms with Crippen molar-refractivity contribution < 1.29 is 0 Å². The van der Waals surface area contributed by atoms with Crippen molar-refractivity contribution in [3.05, 3.63) is 0 Å². The molecule has 0 aromatic carbocycles. The van der Waals surface area contributed by atoms with Crippen LogP contribution in [0, 0.1) is 17.3 Å². The molecule has 1 aliphatic rings. The van der Waals surface area contributed by atoms with E-state index < -0.39 is 0 Å². The highest BCUT2D eigenvalue weighted by Gasteiger charge is 2.23. The Hall–Kier alpha value is -0.0400. The van der Waals surface area contributed by atoms with Gasteiger partial charge in [-0.25, -0.2) is 0 Å². The summed E-state index contributed by atoms with van der Waals surface area (Å²) in [7, 11) is 0. The average Bonchev–Trinajstić information content (AvgIpc) is 2.21. The van der Waals surface area contributed by atoms with Gasteiger partial charge in [0, 0.05) is 0 Å². The van der Waals surface area contributed by atoms with Crippen molar-refractivity contribution in [1.29, 1.82) is 0 Å². The molecule has 1 heterocycles. The predicted octanol–water partition coefficient (Wildman–Crippen LogP) is 4.62. The molecule has 1 rings (SSSR count). The Morgan fingerprint density at radius 1 is 0.882 bits per heavy atom. The van der Waals surface area contributed by atoms with Crippen molar-refractivity contribution in [2.75, 3.05) is 13.1 Å². The molecule has 1 N–H and O–H groups in total. The molecule has 1 heteroatoms. The summed E-state index contributed by atoms with van der Waals surface area (Å²) in [6.45, 7) is 12.1. The molecule has 1 aliphatic heterocycles. The van der Waals surface area contributed by atoms with E-state index in [-0.39, 0.29) is 0 Å². The van der Waals surface area contributed by atoms with E-state index in [9.17, 15) is 0 Å². The summed E-state index contributed by atoms with van der Waals surface area (Å²) >= 11 is 0. The van der Waals surface area contributed by atoms with Crippen LogP contribution in [0.4, 0.5) is 0 Å². The average molecular weight is 239 g/mol. The number of rotatable bonds is 0. The van der Waals surface area contributed by atoms with Crippen LogP contribution in [0.2, 0.25) is 0 Å². The zero-order valence-electron chi connectivity index (χ0n) is 12.5. The van der Waals surface area contributed by atoms with Gasteiger partial charge in [-0.15, -0.1) is 0 Å². The fraction of sp³-hybridized carbons (Fsp3) is 1.00. The normalized spacial score (nSPS) is 30.4. The van der Waals surface area contributed by atoms with Crippen molar-refractivity contribution in [2.24, 2.45) is 17.3 Å². The van der Waals surface area contributed by atoms with Crippen molar-refractivity contribution in [2.45, 2.75) is 72.6 Å². The van der Waals surface area contributed by atoms with Crippen molar-refractivity contribution >= 4 is 0 Å². The first-order valence-corrected chi connectivity index (χ1v) is 7.71. The summed E-state index contributed by atoms with van der Waals surface area (Å²) in [5.74, 6) is 1.79. The maximum atomic E-state index is 3.59. The lowest BCUT2D eigenvalue weighted by Crippen LogP contribution is -2.24. The fourth-order valence-corrected chi connectivity index (χ4v) is 2.99. The van der Waals surface area contributed by atoms with Crippen LogP contribution >= 0.6 is 0 Å². The number of nitrogens with one attached hydrogen (secondary N) is 1. The Kier molecular flexibility index (Phi) is 6.54. The van der Waals surface area contributed by atoms with E-state index in [1.165, 1.54) is 58.0 Å². The van der Waals surface area contributed by atoms with E-state index in [2.05, 4.69) is 33.0 Å². The Labute approximate surface area is 109 Å². The highest BCUT2D eigenvalue weighted by atomic mass is 14.8. The van der Waals surface area contributed by atoms with E-state index in [4.69, 9.17) is 0 Å². The minimum absolute atomic E-state index is 0.506. The zero-order valence-corrected chi connectivity index (χ0v) is 12.5. The van der Waals surface area contributed by atoms with E-state index in [1.807, 2.05) is 0 Å². The van der Waals surface area contributed by atoms with Crippen LogP contribution in [0.3, 0.4) is 0 Å². The fourth-order valence-electron chi connectivity index (χ4n) is 2.99. The SMILES string of the molecule is CC1CCCC(C(C)(C)C)CCCCCNC1. The second-order valence-corrected chi connectivity index (χ2v) is 7.15. The molecular formula is C16H33N. The lowest BCUT2D eigenvalue weighted by molar-refractivity contribution is 0.197. The topological polar surface area (TPSA) is 12.0 Å². The zero-order chi connectivity index (χ0) is 12.7. The maximum absolute atomic E-state index is 3.59. The van der Waals surface area contributed by atoms with Gasteiger partial charge in [0.05, 0.1) is 0 Å². The minimum atomic E-state index is 0.506. The second-order valence-electron chi connectivity index (χ2n) is 7.15. The van der Waals surface area contributed by atoms with Gasteiger partial charge in [0.15, 0.2) is 0 Å². The molecule has 0 spiro atoms. The molecule has 2 atom stereocenters. The highest BCUT2D eigenvalue weighted by molar-refractivity contribution is 4.75. The first-order valence-electron chi connectivity index (χ1n) is 7.71. The Morgan fingerprint density at radius 3 is 2.29 bits per heavy atom. The molecule has 0 bridgehead atoms. The number of hydrogen-bond acceptors (Lipinski definition) is 1. The molecule has 2 unspecified atom stereocenters. The summed E-state index contributed by atoms with van der Waals surface area (Å²) in [4.78, 5) is 0. The molecule has 0 radical (unpaired) electrons. The lowest BCUT2D eigenvalue weighted by Gasteiger charge is -2.31. The second kappa shape index (κ2) is 7.41. The Balaban J connectivity index is 2.44. The van der Waals surface area contributed by atoms with Gasteiger partial charge in [0.1, 0.15) is 0 Å². The largest absolute Gasteiger partial charge is 0.316 e. The van der Waals surface area contributed by atoms with Crippen molar-refractivity contribution in [1.82, 2.24) is 5.32 Å². The van der Waals surface area contributed by atoms with Crippen LogP contribution in [0.1, 0.15) is 72.6 Å². The van der Waals surface area contributed by atoms with Gasteiger partial charge in [-0.1, -0.05) is 47.0 Å². The van der Waals surface area contributed by atoms with Crippen LogP contribution in [0.25, 0.3) is 0 Å². The minimum Gasteiger partial charge on any atom is -0.316 e. The predicted molar refractivity (Wildman–Crippen MR) is 77.3 cm³/mol. The van der Waals surface area contributed by atoms with Gasteiger partial charge in [-0.3, -0.25) is 0 Å². The maximum Gasteiger partial charge on any atom is -0.00232 e. The van der Waals surface area contributed by atoms with Crippen LogP contribution in [-0.4, -0.2) is 13.1 Å². The third-order valence-electron chi connectivity index (χ3n) is 4.37. The third-order valence-corrected chi connectivity index (χ3v) is 4.37. The quantitative estimate of drug-likeness (QED) is 0.650. The Bertz CT molecular complexity index is 192. The molecule has 0 aromatic rings.